The lowest BCUT2D eigenvalue weighted by Gasteiger charge is -2.38. The smallest absolute Gasteiger partial charge is 0.262 e. The first-order valence-electron chi connectivity index (χ1n) is 20.7. The van der Waals surface area contributed by atoms with Gasteiger partial charge in [-0.1, -0.05) is 29.8 Å². The number of anilines is 2. The number of imide groups is 2. The number of piperidine rings is 3. The summed E-state index contributed by atoms with van der Waals surface area (Å²) < 4.78 is 0. The lowest BCUT2D eigenvalue weighted by Crippen LogP contribution is -2.54. The standard InChI is InChI=1S/C43H50ClN9O4/c44-35-24-46-43(49-39(35)34-23-45-36-6-2-1-5-31(34)36)47-29-15-19-50(26-29)16-3-4-27-11-17-51(18-12-27)25-28-13-20-52(21-14-28)30-7-8-32-33(22-30)42(57)53(41(32)56)37-9-10-38(54)48-40(37)55/h1-2,5-8,22-24,27-29,37,45H,3-4,9-21,25-26H2,(H,46,47,49)(H,48,54,55)/t29-,37?/m1/s1. The quantitative estimate of drug-likeness (QED) is 0.165. The molecule has 4 aromatic rings. The summed E-state index contributed by atoms with van der Waals surface area (Å²) in [5, 5.41) is 7.48. The van der Waals surface area contributed by atoms with E-state index in [9.17, 15) is 19.2 Å². The SMILES string of the molecule is O=C1CCC(N2C(=O)c3ccc(N4CCC(CN5CCC(CCCN6CC[C@@H](Nc7ncc(Cl)c(-c8c[nH]c9ccccc89)n7)C6)CC5)CC4)cc3C2=O)C(=O)N1. The topological polar surface area (TPSA) is 147 Å². The zero-order valence-corrected chi connectivity index (χ0v) is 33.0. The van der Waals surface area contributed by atoms with Gasteiger partial charge in [-0.05, 0) is 107 Å². The summed E-state index contributed by atoms with van der Waals surface area (Å²) in [6.45, 7) is 8.52. The minimum absolute atomic E-state index is 0.111. The highest BCUT2D eigenvalue weighted by atomic mass is 35.5. The Balaban J connectivity index is 0.681. The predicted molar refractivity (Wildman–Crippen MR) is 219 cm³/mol. The molecule has 2 aromatic heterocycles. The van der Waals surface area contributed by atoms with Crippen molar-refractivity contribution in [2.45, 2.75) is 69.9 Å². The van der Waals surface area contributed by atoms with E-state index in [0.717, 1.165) is 97.2 Å². The highest BCUT2D eigenvalue weighted by Gasteiger charge is 2.45. The zero-order chi connectivity index (χ0) is 39.0. The summed E-state index contributed by atoms with van der Waals surface area (Å²) in [6, 6.07) is 13.0. The highest BCUT2D eigenvalue weighted by Crippen LogP contribution is 2.34. The predicted octanol–water partition coefficient (Wildman–Crippen LogP) is 5.57. The first-order chi connectivity index (χ1) is 27.8. The van der Waals surface area contributed by atoms with Gasteiger partial charge in [0.25, 0.3) is 11.8 Å². The summed E-state index contributed by atoms with van der Waals surface area (Å²) >= 11 is 6.56. The number of likely N-dealkylation sites (tertiary alicyclic amines) is 2. The maximum Gasteiger partial charge on any atom is 0.262 e. The third-order valence-corrected chi connectivity index (χ3v) is 13.2. The summed E-state index contributed by atoms with van der Waals surface area (Å²) in [5.74, 6) is 0.191. The molecule has 13 nitrogen and oxygen atoms in total. The van der Waals surface area contributed by atoms with Gasteiger partial charge in [0.05, 0.1) is 28.0 Å². The van der Waals surface area contributed by atoms with Crippen LogP contribution in [0.25, 0.3) is 22.2 Å². The van der Waals surface area contributed by atoms with Crippen LogP contribution in [-0.4, -0.2) is 118 Å². The molecule has 0 spiro atoms. The summed E-state index contributed by atoms with van der Waals surface area (Å²) in [7, 11) is 0. The molecule has 4 amide bonds. The lowest BCUT2D eigenvalue weighted by molar-refractivity contribution is -0.136. The maximum absolute atomic E-state index is 13.3. The van der Waals surface area contributed by atoms with E-state index < -0.39 is 23.8 Å². The molecule has 2 atom stereocenters. The molecule has 1 unspecified atom stereocenters. The summed E-state index contributed by atoms with van der Waals surface area (Å²) in [4.78, 5) is 71.7. The molecule has 2 aromatic carbocycles. The van der Waals surface area contributed by atoms with Gasteiger partial charge < -0.3 is 25.0 Å². The minimum Gasteiger partial charge on any atom is -0.371 e. The third kappa shape index (κ3) is 7.89. The summed E-state index contributed by atoms with van der Waals surface area (Å²) in [5.41, 5.74) is 4.39. The minimum atomic E-state index is -0.948. The third-order valence-electron chi connectivity index (χ3n) is 12.9. The fraction of sp³-hybridized carbons (Fsp3) is 0.488. The van der Waals surface area contributed by atoms with E-state index >= 15 is 0 Å². The number of hydrogen-bond acceptors (Lipinski definition) is 10. The van der Waals surface area contributed by atoms with E-state index in [0.29, 0.717) is 34.1 Å². The molecule has 4 saturated heterocycles. The van der Waals surface area contributed by atoms with Crippen LogP contribution < -0.4 is 15.5 Å². The Morgan fingerprint density at radius 2 is 1.60 bits per heavy atom. The normalized spacial score (nSPS) is 22.8. The molecule has 9 rings (SSSR count). The van der Waals surface area contributed by atoms with E-state index in [1.165, 1.54) is 38.8 Å². The number of benzene rings is 2. The van der Waals surface area contributed by atoms with E-state index in [1.807, 2.05) is 30.5 Å². The number of carbonyl (C=O) groups excluding carboxylic acids is 4. The number of aromatic amines is 1. The van der Waals surface area contributed by atoms with Crippen LogP contribution in [0.2, 0.25) is 5.02 Å². The molecule has 0 aliphatic carbocycles. The van der Waals surface area contributed by atoms with Crippen molar-refractivity contribution in [3.8, 4) is 11.3 Å². The van der Waals surface area contributed by atoms with Crippen molar-refractivity contribution in [2.75, 3.05) is 62.6 Å². The second-order valence-corrected chi connectivity index (χ2v) is 17.0. The van der Waals surface area contributed by atoms with Crippen LogP contribution >= 0.6 is 11.6 Å². The molecule has 14 heteroatoms. The van der Waals surface area contributed by atoms with Crippen LogP contribution in [0.3, 0.4) is 0 Å². The second kappa shape index (κ2) is 16.2. The number of nitrogens with zero attached hydrogens (tertiary/aromatic N) is 6. The molecule has 57 heavy (non-hydrogen) atoms. The number of para-hydroxylation sites is 1. The molecule has 4 fully saturated rings. The largest absolute Gasteiger partial charge is 0.371 e. The van der Waals surface area contributed by atoms with E-state index in [2.05, 4.69) is 47.4 Å². The van der Waals surface area contributed by atoms with Crippen molar-refractivity contribution in [2.24, 2.45) is 11.8 Å². The van der Waals surface area contributed by atoms with Crippen molar-refractivity contribution in [1.82, 2.24) is 35.0 Å². The molecule has 298 valence electrons. The van der Waals surface area contributed by atoms with Crippen LogP contribution in [0, 0.1) is 11.8 Å². The van der Waals surface area contributed by atoms with Gasteiger partial charge in [-0.25, -0.2) is 9.97 Å². The Morgan fingerprint density at radius 1 is 0.825 bits per heavy atom. The Labute approximate surface area is 337 Å². The number of rotatable bonds is 11. The van der Waals surface area contributed by atoms with Gasteiger partial charge in [-0.15, -0.1) is 0 Å². The van der Waals surface area contributed by atoms with Gasteiger partial charge in [0.1, 0.15) is 6.04 Å². The number of amides is 4. The molecule has 0 saturated carbocycles. The number of carbonyl (C=O) groups is 4. The molecular weight excluding hydrogens is 742 g/mol. The highest BCUT2D eigenvalue weighted by molar-refractivity contribution is 6.33. The van der Waals surface area contributed by atoms with Gasteiger partial charge in [-0.2, -0.15) is 0 Å². The Bertz CT molecular complexity index is 2180. The molecular formula is C43H50ClN9O4. The van der Waals surface area contributed by atoms with E-state index in [-0.39, 0.29) is 18.7 Å². The fourth-order valence-electron chi connectivity index (χ4n) is 9.68. The molecule has 0 bridgehead atoms. The number of hydrogen-bond donors (Lipinski definition) is 3. The number of aromatic nitrogens is 3. The monoisotopic (exact) mass is 791 g/mol. The molecule has 3 N–H and O–H groups in total. The molecule has 5 aliphatic rings. The number of nitrogens with one attached hydrogen (secondary N) is 3. The Hall–Kier alpha value is -4.85. The van der Waals surface area contributed by atoms with Gasteiger partial charge >= 0.3 is 0 Å². The lowest BCUT2D eigenvalue weighted by atomic mass is 9.90. The maximum atomic E-state index is 13.3. The van der Waals surface area contributed by atoms with Crippen molar-refractivity contribution >= 4 is 57.8 Å². The molecule has 5 aliphatic heterocycles. The number of halogens is 1. The molecule has 7 heterocycles. The van der Waals surface area contributed by atoms with Crippen molar-refractivity contribution in [1.29, 1.82) is 0 Å². The number of fused-ring (bicyclic) bond motifs is 2. The van der Waals surface area contributed by atoms with Crippen LogP contribution in [0.5, 0.6) is 0 Å². The zero-order valence-electron chi connectivity index (χ0n) is 32.2. The van der Waals surface area contributed by atoms with Crippen LogP contribution in [0.4, 0.5) is 11.6 Å². The fourth-order valence-corrected chi connectivity index (χ4v) is 9.88. The van der Waals surface area contributed by atoms with Crippen LogP contribution in [0.1, 0.15) is 78.5 Å². The molecule has 0 radical (unpaired) electrons. The van der Waals surface area contributed by atoms with Crippen LogP contribution in [0.15, 0.2) is 54.9 Å². The first kappa shape index (κ1) is 37.7. The average molecular weight is 792 g/mol. The number of H-pyrrole nitrogens is 1. The van der Waals surface area contributed by atoms with Gasteiger partial charge in [-0.3, -0.25) is 29.4 Å². The van der Waals surface area contributed by atoms with Crippen LogP contribution in [-0.2, 0) is 9.59 Å². The van der Waals surface area contributed by atoms with Gasteiger partial charge in [0, 0.05) is 73.5 Å². The van der Waals surface area contributed by atoms with Crippen molar-refractivity contribution in [3.05, 3.63) is 71.0 Å². The van der Waals surface area contributed by atoms with E-state index in [4.69, 9.17) is 16.6 Å². The average Bonchev–Trinajstić information content (AvgIpc) is 3.93. The summed E-state index contributed by atoms with van der Waals surface area (Å²) in [6.07, 6.45) is 12.2. The Kier molecular flexibility index (Phi) is 10.7. The van der Waals surface area contributed by atoms with Crippen molar-refractivity contribution < 1.29 is 19.2 Å². The van der Waals surface area contributed by atoms with Crippen molar-refractivity contribution in [3.63, 3.8) is 0 Å². The van der Waals surface area contributed by atoms with E-state index in [1.54, 1.807) is 12.3 Å². The van der Waals surface area contributed by atoms with Gasteiger partial charge in [0.2, 0.25) is 17.8 Å². The first-order valence-corrected chi connectivity index (χ1v) is 21.1. The Morgan fingerprint density at radius 3 is 2.42 bits per heavy atom. The van der Waals surface area contributed by atoms with Gasteiger partial charge in [0.15, 0.2) is 0 Å². The second-order valence-electron chi connectivity index (χ2n) is 16.6.